The van der Waals surface area contributed by atoms with Gasteiger partial charge < -0.3 is 9.47 Å². The van der Waals surface area contributed by atoms with Gasteiger partial charge in [0.1, 0.15) is 11.9 Å². The van der Waals surface area contributed by atoms with Gasteiger partial charge in [-0.1, -0.05) is 60.1 Å². The van der Waals surface area contributed by atoms with Gasteiger partial charge in [-0.2, -0.15) is 0 Å². The summed E-state index contributed by atoms with van der Waals surface area (Å²) in [5, 5.41) is 0. The molecule has 0 spiro atoms. The van der Waals surface area contributed by atoms with E-state index in [1.807, 2.05) is 0 Å². The molecule has 5 nitrogen and oxygen atoms in total. The standard InChI is InChI=1S/C33H52O5/c1-20(18-23(35)19-21(2)29(36)37-9)24-12-16-33(8)26-10-11-27-30(4,5)28(38-22(3)34)14-15-31(27,6)25(26)13-17-32(24,33)7/h10,20-21,24-25,27-28H,11-19H2,1-9H3. The third-order valence-electron chi connectivity index (χ3n) is 12.5. The smallest absolute Gasteiger partial charge is 0.308 e. The summed E-state index contributed by atoms with van der Waals surface area (Å²) in [6.45, 7) is 17.8. The van der Waals surface area contributed by atoms with Crippen LogP contribution in [0, 0.1) is 51.2 Å². The molecule has 214 valence electrons. The van der Waals surface area contributed by atoms with Gasteiger partial charge in [0, 0.05) is 25.2 Å². The van der Waals surface area contributed by atoms with Crippen molar-refractivity contribution in [1.82, 2.24) is 0 Å². The summed E-state index contributed by atoms with van der Waals surface area (Å²) in [4.78, 5) is 36.6. The lowest BCUT2D eigenvalue weighted by molar-refractivity contribution is -0.174. The fourth-order valence-electron chi connectivity index (χ4n) is 10.3. The fourth-order valence-corrected chi connectivity index (χ4v) is 10.3. The van der Waals surface area contributed by atoms with Crippen LogP contribution in [0.3, 0.4) is 0 Å². The molecular weight excluding hydrogens is 476 g/mol. The lowest BCUT2D eigenvalue weighted by Gasteiger charge is -2.64. The highest BCUT2D eigenvalue weighted by Gasteiger charge is 2.65. The van der Waals surface area contributed by atoms with Gasteiger partial charge in [0.15, 0.2) is 0 Å². The number of ketones is 1. The maximum atomic E-state index is 12.9. The Kier molecular flexibility index (Phi) is 7.78. The molecule has 5 heteroatoms. The Bertz CT molecular complexity index is 995. The molecule has 38 heavy (non-hydrogen) atoms. The van der Waals surface area contributed by atoms with Crippen LogP contribution in [0.5, 0.6) is 0 Å². The summed E-state index contributed by atoms with van der Waals surface area (Å²) in [6, 6.07) is 0. The van der Waals surface area contributed by atoms with E-state index in [-0.39, 0.29) is 57.8 Å². The molecule has 9 atom stereocenters. The molecule has 3 saturated carbocycles. The Morgan fingerprint density at radius 2 is 1.66 bits per heavy atom. The highest BCUT2D eigenvalue weighted by molar-refractivity contribution is 5.84. The van der Waals surface area contributed by atoms with E-state index in [1.54, 1.807) is 12.5 Å². The van der Waals surface area contributed by atoms with E-state index in [9.17, 15) is 14.4 Å². The first-order valence-corrected chi connectivity index (χ1v) is 15.1. The number of hydrogen-bond acceptors (Lipinski definition) is 5. The zero-order valence-corrected chi connectivity index (χ0v) is 25.4. The molecule has 0 heterocycles. The third kappa shape index (κ3) is 4.48. The van der Waals surface area contributed by atoms with Gasteiger partial charge >= 0.3 is 11.9 Å². The van der Waals surface area contributed by atoms with Crippen LogP contribution in [-0.2, 0) is 23.9 Å². The average molecular weight is 529 g/mol. The van der Waals surface area contributed by atoms with Crippen molar-refractivity contribution in [2.24, 2.45) is 51.2 Å². The van der Waals surface area contributed by atoms with E-state index < -0.39 is 0 Å². The summed E-state index contributed by atoms with van der Waals surface area (Å²) in [6.07, 6.45) is 11.3. The van der Waals surface area contributed by atoms with E-state index in [1.165, 1.54) is 33.3 Å². The Morgan fingerprint density at radius 3 is 2.29 bits per heavy atom. The average Bonchev–Trinajstić information content (AvgIpc) is 3.11. The first kappa shape index (κ1) is 29.3. The number of allylic oxidation sites excluding steroid dienone is 2. The quantitative estimate of drug-likeness (QED) is 0.256. The number of fused-ring (bicyclic) bond motifs is 5. The molecular formula is C33H52O5. The molecule has 0 aromatic carbocycles. The molecule has 9 unspecified atom stereocenters. The number of Topliss-reactive ketones (excluding diaryl/α,β-unsaturated/α-hetero) is 1. The minimum absolute atomic E-state index is 0.00591. The van der Waals surface area contributed by atoms with Crippen LogP contribution in [0.2, 0.25) is 0 Å². The summed E-state index contributed by atoms with van der Waals surface area (Å²) in [7, 11) is 1.39. The number of carbonyl (C=O) groups excluding carboxylic acids is 3. The van der Waals surface area contributed by atoms with E-state index in [2.05, 4.69) is 47.6 Å². The molecule has 0 amide bonds. The maximum absolute atomic E-state index is 12.9. The lowest BCUT2D eigenvalue weighted by Crippen LogP contribution is -2.58. The molecule has 4 aliphatic rings. The second-order valence-electron chi connectivity index (χ2n) is 14.7. The Labute approximate surface area is 230 Å². The summed E-state index contributed by atoms with van der Waals surface area (Å²) in [5.41, 5.74) is 2.19. The van der Waals surface area contributed by atoms with Crippen molar-refractivity contribution in [2.75, 3.05) is 7.11 Å². The molecule has 3 fully saturated rings. The van der Waals surface area contributed by atoms with Crippen LogP contribution in [0.15, 0.2) is 11.6 Å². The number of carbonyl (C=O) groups is 3. The highest BCUT2D eigenvalue weighted by Crippen LogP contribution is 2.73. The fraction of sp³-hybridized carbons (Fsp3) is 0.848. The normalized spacial score (nSPS) is 41.0. The van der Waals surface area contributed by atoms with Crippen molar-refractivity contribution in [3.05, 3.63) is 11.6 Å². The predicted octanol–water partition coefficient (Wildman–Crippen LogP) is 7.32. The van der Waals surface area contributed by atoms with Crippen LogP contribution in [-0.4, -0.2) is 30.9 Å². The molecule has 0 N–H and O–H groups in total. The van der Waals surface area contributed by atoms with E-state index in [4.69, 9.17) is 9.47 Å². The number of ether oxygens (including phenoxy) is 2. The Morgan fingerprint density at radius 1 is 0.974 bits per heavy atom. The van der Waals surface area contributed by atoms with Crippen LogP contribution in [0.4, 0.5) is 0 Å². The van der Waals surface area contributed by atoms with Crippen molar-refractivity contribution in [2.45, 2.75) is 119 Å². The Balaban J connectivity index is 1.55. The largest absolute Gasteiger partial charge is 0.469 e. The molecule has 0 saturated heterocycles. The van der Waals surface area contributed by atoms with Crippen molar-refractivity contribution < 1.29 is 23.9 Å². The Hall–Kier alpha value is -1.65. The second-order valence-corrected chi connectivity index (χ2v) is 14.7. The first-order chi connectivity index (χ1) is 17.6. The van der Waals surface area contributed by atoms with Crippen molar-refractivity contribution >= 4 is 17.7 Å². The summed E-state index contributed by atoms with van der Waals surface area (Å²) >= 11 is 0. The number of hydrogen-bond donors (Lipinski definition) is 0. The molecule has 4 rings (SSSR count). The minimum Gasteiger partial charge on any atom is -0.469 e. The molecule has 0 radical (unpaired) electrons. The maximum Gasteiger partial charge on any atom is 0.308 e. The number of esters is 2. The van der Waals surface area contributed by atoms with E-state index >= 15 is 0 Å². The predicted molar refractivity (Wildman–Crippen MR) is 149 cm³/mol. The first-order valence-electron chi connectivity index (χ1n) is 15.1. The van der Waals surface area contributed by atoms with Gasteiger partial charge in [-0.05, 0) is 84.9 Å². The van der Waals surface area contributed by atoms with Gasteiger partial charge in [-0.25, -0.2) is 0 Å². The lowest BCUT2D eigenvalue weighted by atomic mass is 9.41. The molecule has 4 aliphatic carbocycles. The molecule has 0 aromatic rings. The minimum atomic E-state index is -0.374. The number of methoxy groups -OCH3 is 1. The van der Waals surface area contributed by atoms with Gasteiger partial charge in [-0.3, -0.25) is 14.4 Å². The SMILES string of the molecule is COC(=O)C(C)CC(=O)CC(C)C1CCC2(C)C3=CCC4C(C)(C)C(OC(C)=O)CCC4(C)C3CCC12C. The summed E-state index contributed by atoms with van der Waals surface area (Å²) in [5.74, 6) is 1.24. The van der Waals surface area contributed by atoms with Crippen LogP contribution >= 0.6 is 0 Å². The highest BCUT2D eigenvalue weighted by atomic mass is 16.5. The second kappa shape index (κ2) is 10.1. The summed E-state index contributed by atoms with van der Waals surface area (Å²) < 4.78 is 10.7. The molecule has 0 aromatic heterocycles. The van der Waals surface area contributed by atoms with E-state index in [0.29, 0.717) is 30.1 Å². The van der Waals surface area contributed by atoms with Gasteiger partial charge in [-0.15, -0.1) is 0 Å². The van der Waals surface area contributed by atoms with Gasteiger partial charge in [0.2, 0.25) is 0 Å². The number of rotatable bonds is 7. The molecule has 0 bridgehead atoms. The van der Waals surface area contributed by atoms with Gasteiger partial charge in [0.05, 0.1) is 13.0 Å². The van der Waals surface area contributed by atoms with Crippen molar-refractivity contribution in [1.29, 1.82) is 0 Å². The van der Waals surface area contributed by atoms with Crippen LogP contribution < -0.4 is 0 Å². The van der Waals surface area contributed by atoms with E-state index in [0.717, 1.165) is 25.7 Å². The zero-order valence-electron chi connectivity index (χ0n) is 25.4. The van der Waals surface area contributed by atoms with Crippen LogP contribution in [0.25, 0.3) is 0 Å². The topological polar surface area (TPSA) is 69.7 Å². The third-order valence-corrected chi connectivity index (χ3v) is 12.5. The monoisotopic (exact) mass is 528 g/mol. The molecule has 0 aliphatic heterocycles. The van der Waals surface area contributed by atoms with Crippen molar-refractivity contribution in [3.8, 4) is 0 Å². The van der Waals surface area contributed by atoms with Crippen LogP contribution in [0.1, 0.15) is 113 Å². The van der Waals surface area contributed by atoms with Gasteiger partial charge in [0.25, 0.3) is 0 Å². The zero-order chi connectivity index (χ0) is 28.3. The van der Waals surface area contributed by atoms with Crippen molar-refractivity contribution in [3.63, 3.8) is 0 Å².